The number of fused-ring (bicyclic) bond motifs is 4. The molecule has 36 nitrogen and oxygen atoms in total. The lowest BCUT2D eigenvalue weighted by atomic mass is 10.1. The molecule has 97 heavy (non-hydrogen) atoms. The minimum Gasteiger partial charge on any atom is -0.491 e. The van der Waals surface area contributed by atoms with Crippen LogP contribution in [0.15, 0.2) is 54.7 Å². The Labute approximate surface area is 552 Å². The largest absolute Gasteiger partial charge is 0.491 e. The number of aryl methyl sites for hydroxylation is 4. The summed E-state index contributed by atoms with van der Waals surface area (Å²) in [6.07, 6.45) is 2.65. The molecular weight excluding hydrogens is 1270 g/mol. The quantitative estimate of drug-likeness (QED) is 0.0106. The van der Waals surface area contributed by atoms with Crippen LogP contribution in [-0.4, -0.2) is 188 Å². The number of aliphatic carboxylic acids is 3. The van der Waals surface area contributed by atoms with Crippen molar-refractivity contribution < 1.29 is 77.5 Å². The molecule has 7 aromatic rings. The number of nitrogens with one attached hydrogen (secondary N) is 7. The van der Waals surface area contributed by atoms with Crippen LogP contribution in [0.25, 0.3) is 44.5 Å². The summed E-state index contributed by atoms with van der Waals surface area (Å²) >= 11 is 0. The molecule has 2 aromatic carbocycles. The van der Waals surface area contributed by atoms with Crippen molar-refractivity contribution in [1.82, 2.24) is 70.2 Å². The van der Waals surface area contributed by atoms with Gasteiger partial charge in [0.25, 0.3) is 5.91 Å². The molecule has 0 aliphatic carbocycles. The third kappa shape index (κ3) is 19.1. The van der Waals surface area contributed by atoms with Crippen LogP contribution < -0.4 is 64.3 Å². The van der Waals surface area contributed by atoms with Crippen molar-refractivity contribution >= 4 is 104 Å². The number of hydrogen-bond acceptors (Lipinski definition) is 20. The maximum Gasteiger partial charge on any atom is 0.305 e. The smallest absolute Gasteiger partial charge is 0.305 e. The van der Waals surface area contributed by atoms with Crippen LogP contribution in [0.1, 0.15) is 101 Å². The van der Waals surface area contributed by atoms with Gasteiger partial charge in [0.05, 0.1) is 60.9 Å². The molecule has 5 aromatic heterocycles. The summed E-state index contributed by atoms with van der Waals surface area (Å²) in [4.78, 5) is 144. The number of nitrogens with two attached hydrogens (primary N) is 4. The van der Waals surface area contributed by atoms with Gasteiger partial charge in [-0.25, -0.2) is 15.0 Å². The van der Waals surface area contributed by atoms with E-state index in [9.17, 15) is 58.2 Å². The molecule has 0 saturated heterocycles. The van der Waals surface area contributed by atoms with Crippen LogP contribution in [0, 0.1) is 19.3 Å². The van der Waals surface area contributed by atoms with Crippen molar-refractivity contribution in [3.63, 3.8) is 0 Å². The van der Waals surface area contributed by atoms with E-state index in [2.05, 4.69) is 42.1 Å². The molecule has 4 atom stereocenters. The fourth-order valence-corrected chi connectivity index (χ4v) is 10.4. The number of carboxylic acid groups (broad SMARTS) is 3. The first kappa shape index (κ1) is 72.9. The number of hydrogen-bond donors (Lipinski definition) is 14. The standard InChI is InChI=1S/C61H78N20O16/c1-6-80-42(21-31(3)76-80)53-69-30-36-35-23-33(51(63)88)25-44(97-20-12-18-95-5)49(35)78(54(36)74-53)16-8-9-17-79-50-39(73-61(79)75-59(94)43-22-32(4)77-81(43)7-2)24-34(52(64)89)26-45(50)96-19-11-15-67-56(91)40(28-47(84)85)71-58(93)41(29-48(86)87)72-57(92)38(13-10-14-68-60(65)66)70-55(90)37(62)27-46(82)83/h8-9,21-26,30,37-38,40-41H,6-7,10-20,27-29,62H2,1-5H3,(H2,63,88)(H2,64,89)(H,67,91)(H,70,90)(H,71,93)(H,72,92)(H,82,83)(H,84,85)(H,86,87)(H4,65,66,68)(H,73,75,94)/b9-8+/t37-,38-,40-,41-/m0/s1. The summed E-state index contributed by atoms with van der Waals surface area (Å²) in [5, 5.41) is 60.7. The second-order valence-electron chi connectivity index (χ2n) is 22.2. The fourth-order valence-electron chi connectivity index (χ4n) is 10.4. The Kier molecular flexibility index (Phi) is 25.2. The Morgan fingerprint density at radius 1 is 0.629 bits per heavy atom. The number of carbonyl (C=O) groups is 10. The topological polar surface area (TPSA) is 543 Å². The molecule has 0 aliphatic heterocycles. The van der Waals surface area contributed by atoms with Crippen LogP contribution in [0.3, 0.4) is 0 Å². The van der Waals surface area contributed by atoms with Crippen molar-refractivity contribution in [1.29, 1.82) is 5.41 Å². The number of ether oxygens (including phenoxy) is 3. The molecule has 5 heterocycles. The van der Waals surface area contributed by atoms with Crippen LogP contribution >= 0.6 is 0 Å². The highest BCUT2D eigenvalue weighted by Gasteiger charge is 2.33. The van der Waals surface area contributed by atoms with E-state index in [0.717, 1.165) is 5.69 Å². The first-order valence-electron chi connectivity index (χ1n) is 30.7. The molecule has 0 fully saturated rings. The van der Waals surface area contributed by atoms with Crippen molar-refractivity contribution in [2.24, 2.45) is 22.9 Å². The molecule has 18 N–H and O–H groups in total. The first-order chi connectivity index (χ1) is 46.2. The average molecular weight is 1350 g/mol. The van der Waals surface area contributed by atoms with Crippen molar-refractivity contribution in [3.8, 4) is 23.0 Å². The molecule has 518 valence electrons. The molecule has 36 heteroatoms. The molecule has 0 aliphatic rings. The lowest BCUT2D eigenvalue weighted by molar-refractivity contribution is -0.143. The van der Waals surface area contributed by atoms with Gasteiger partial charge < -0.3 is 88.2 Å². The molecule has 0 saturated carbocycles. The van der Waals surface area contributed by atoms with E-state index < -0.39 is 109 Å². The van der Waals surface area contributed by atoms with E-state index in [1.807, 2.05) is 37.5 Å². The summed E-state index contributed by atoms with van der Waals surface area (Å²) in [7, 11) is 1.57. The van der Waals surface area contributed by atoms with Gasteiger partial charge in [-0.3, -0.25) is 68.0 Å². The van der Waals surface area contributed by atoms with Crippen LogP contribution in [-0.2, 0) is 64.5 Å². The highest BCUT2D eigenvalue weighted by molar-refractivity contribution is 6.12. The van der Waals surface area contributed by atoms with E-state index in [1.165, 1.54) is 16.8 Å². The minimum absolute atomic E-state index is 0.00683. The van der Waals surface area contributed by atoms with Crippen LogP contribution in [0.5, 0.6) is 11.5 Å². The zero-order valence-electron chi connectivity index (χ0n) is 53.8. The van der Waals surface area contributed by atoms with Gasteiger partial charge in [-0.15, -0.1) is 0 Å². The van der Waals surface area contributed by atoms with Gasteiger partial charge in [0.2, 0.25) is 41.4 Å². The Morgan fingerprint density at radius 3 is 1.81 bits per heavy atom. The molecule has 0 bridgehead atoms. The van der Waals surface area contributed by atoms with E-state index >= 15 is 0 Å². The number of imidazole rings is 1. The summed E-state index contributed by atoms with van der Waals surface area (Å²) in [6.45, 7) is 8.53. The van der Waals surface area contributed by atoms with Gasteiger partial charge in [-0.05, 0) is 83.4 Å². The third-order valence-electron chi connectivity index (χ3n) is 14.9. The molecule has 0 spiro atoms. The van der Waals surface area contributed by atoms with Crippen LogP contribution in [0.4, 0.5) is 5.95 Å². The van der Waals surface area contributed by atoms with Crippen molar-refractivity contribution in [2.75, 3.05) is 45.3 Å². The van der Waals surface area contributed by atoms with Gasteiger partial charge in [-0.2, -0.15) is 10.2 Å². The summed E-state index contributed by atoms with van der Waals surface area (Å²) in [5.41, 5.74) is 26.5. The zero-order chi connectivity index (χ0) is 70.8. The van der Waals surface area contributed by atoms with Gasteiger partial charge in [0, 0.05) is 87.5 Å². The number of nitrogens with zero attached hydrogens (tertiary/aromatic N) is 9. The first-order valence-corrected chi connectivity index (χ1v) is 30.7. The predicted molar refractivity (Wildman–Crippen MR) is 348 cm³/mol. The number of carbonyl (C=O) groups excluding carboxylic acids is 7. The highest BCUT2D eigenvalue weighted by Crippen LogP contribution is 2.37. The number of guanidine groups is 1. The van der Waals surface area contributed by atoms with Gasteiger partial charge in [0.15, 0.2) is 11.8 Å². The molecule has 0 unspecified atom stereocenters. The lowest BCUT2D eigenvalue weighted by Crippen LogP contribution is -2.58. The molecule has 7 rings (SSSR count). The summed E-state index contributed by atoms with van der Waals surface area (Å²) in [5.74, 6) is -11.0. The average Bonchev–Trinajstić information content (AvgIpc) is 1.59. The highest BCUT2D eigenvalue weighted by atomic mass is 16.5. The monoisotopic (exact) mass is 1350 g/mol. The Balaban J connectivity index is 1.16. The van der Waals surface area contributed by atoms with Gasteiger partial charge in [0.1, 0.15) is 52.2 Å². The number of methoxy groups -OCH3 is 1. The second kappa shape index (κ2) is 33.5. The Bertz CT molecular complexity index is 4170. The predicted octanol–water partition coefficient (Wildman–Crippen LogP) is 0.127. The second-order valence-corrected chi connectivity index (χ2v) is 22.2. The number of amides is 7. The zero-order valence-corrected chi connectivity index (χ0v) is 53.8. The maximum absolute atomic E-state index is 14.2. The fraction of sp³-hybridized carbons (Fsp3) is 0.410. The van der Waals surface area contributed by atoms with E-state index in [4.69, 9.17) is 62.6 Å². The number of aromatic nitrogens is 9. The Hall–Kier alpha value is -11.6. The lowest BCUT2D eigenvalue weighted by Gasteiger charge is -2.25. The van der Waals surface area contributed by atoms with Gasteiger partial charge >= 0.3 is 17.9 Å². The molecular formula is C61H78N20O16. The maximum atomic E-state index is 14.2. The van der Waals surface area contributed by atoms with Crippen molar-refractivity contribution in [2.45, 2.75) is 123 Å². The SMILES string of the molecule is CCn1nc(C)cc1C(=O)Nc1nc2cc(C(N)=O)cc(OCCCNC(=O)[C@H](CC(=O)O)NC(=O)[C@H](CC(=O)O)NC(=O)[C@H](CCCNC(=N)N)NC(=O)[C@@H](N)CC(=O)O)c2n1C/C=C/Cn1c2nc(-c3cc(C)nn3CC)ncc2c2cc(C(N)=O)cc(OCCCOC)c21. The van der Waals surface area contributed by atoms with E-state index in [0.29, 0.717) is 71.0 Å². The third-order valence-corrected chi connectivity index (χ3v) is 14.9. The number of rotatable bonds is 38. The van der Waals surface area contributed by atoms with Gasteiger partial charge in [-0.1, -0.05) is 12.2 Å². The van der Waals surface area contributed by atoms with Crippen LogP contribution in [0.2, 0.25) is 0 Å². The molecule has 0 radical (unpaired) electrons. The van der Waals surface area contributed by atoms with Crippen molar-refractivity contribution in [3.05, 3.63) is 83.0 Å². The number of benzene rings is 2. The van der Waals surface area contributed by atoms with E-state index in [-0.39, 0.29) is 98.2 Å². The minimum atomic E-state index is -1.97. The number of carboxylic acids is 3. The summed E-state index contributed by atoms with van der Waals surface area (Å²) in [6, 6.07) is 2.47. The normalized spacial score (nSPS) is 12.6. The number of anilines is 1. The van der Waals surface area contributed by atoms with E-state index in [1.54, 1.807) is 53.8 Å². The number of allylic oxidation sites excluding steroid dienone is 2. The summed E-state index contributed by atoms with van der Waals surface area (Å²) < 4.78 is 24.7. The number of primary amides is 2. The Morgan fingerprint density at radius 2 is 1.20 bits per heavy atom. The molecule has 7 amide bonds.